The molecule has 2 atom stereocenters. The van der Waals surface area contributed by atoms with Crippen molar-refractivity contribution >= 4 is 0 Å². The van der Waals surface area contributed by atoms with Crippen LogP contribution in [0.5, 0.6) is 0 Å². The Morgan fingerprint density at radius 3 is 2.74 bits per heavy atom. The van der Waals surface area contributed by atoms with Crippen LogP contribution in [0.4, 0.5) is 4.39 Å². The van der Waals surface area contributed by atoms with Gasteiger partial charge in [0.15, 0.2) is 0 Å². The monoisotopic (exact) mass is 264 g/mol. The van der Waals surface area contributed by atoms with Crippen molar-refractivity contribution in [2.75, 3.05) is 13.6 Å². The second-order valence-electron chi connectivity index (χ2n) is 5.85. The summed E-state index contributed by atoms with van der Waals surface area (Å²) in [5.41, 5.74) is 7.80. The summed E-state index contributed by atoms with van der Waals surface area (Å²) in [5, 5.41) is 0. The van der Waals surface area contributed by atoms with Crippen LogP contribution in [0.3, 0.4) is 0 Å². The van der Waals surface area contributed by atoms with Crippen LogP contribution < -0.4 is 5.73 Å². The van der Waals surface area contributed by atoms with E-state index in [-0.39, 0.29) is 5.82 Å². The number of nitrogens with zero attached hydrogens (tertiary/aromatic N) is 1. The Labute approximate surface area is 115 Å². The third-order valence-electron chi connectivity index (χ3n) is 4.39. The van der Waals surface area contributed by atoms with E-state index < -0.39 is 0 Å². The maximum absolute atomic E-state index is 13.3. The Morgan fingerprint density at radius 1 is 1.32 bits per heavy atom. The Morgan fingerprint density at radius 2 is 2.05 bits per heavy atom. The molecule has 0 radical (unpaired) electrons. The Bertz CT molecular complexity index is 419. The van der Waals surface area contributed by atoms with Gasteiger partial charge in [0.2, 0.25) is 0 Å². The van der Waals surface area contributed by atoms with Gasteiger partial charge in [-0.3, -0.25) is 4.90 Å². The molecule has 0 aromatic heterocycles. The number of rotatable bonds is 4. The predicted octanol–water partition coefficient (Wildman–Crippen LogP) is 3.08. The first kappa shape index (κ1) is 14.5. The van der Waals surface area contributed by atoms with E-state index in [1.807, 2.05) is 19.1 Å². The molecule has 1 saturated carbocycles. The fraction of sp³-hybridized carbons (Fsp3) is 0.625. The fourth-order valence-electron chi connectivity index (χ4n) is 3.25. The zero-order chi connectivity index (χ0) is 13.8. The molecule has 1 aliphatic rings. The van der Waals surface area contributed by atoms with Crippen molar-refractivity contribution in [2.24, 2.45) is 11.7 Å². The van der Waals surface area contributed by atoms with Crippen LogP contribution in [0.1, 0.15) is 36.8 Å². The predicted molar refractivity (Wildman–Crippen MR) is 77.4 cm³/mol. The van der Waals surface area contributed by atoms with Crippen LogP contribution in [-0.2, 0) is 6.54 Å². The van der Waals surface area contributed by atoms with Gasteiger partial charge in [0, 0.05) is 12.6 Å². The molecule has 2 unspecified atom stereocenters. The van der Waals surface area contributed by atoms with Gasteiger partial charge in [-0.05, 0) is 56.5 Å². The Balaban J connectivity index is 2.02. The molecule has 106 valence electrons. The van der Waals surface area contributed by atoms with E-state index in [2.05, 4.69) is 11.9 Å². The zero-order valence-corrected chi connectivity index (χ0v) is 12.0. The summed E-state index contributed by atoms with van der Waals surface area (Å²) in [7, 11) is 2.16. The molecule has 19 heavy (non-hydrogen) atoms. The average molecular weight is 264 g/mol. The molecule has 1 fully saturated rings. The van der Waals surface area contributed by atoms with Gasteiger partial charge >= 0.3 is 0 Å². The summed E-state index contributed by atoms with van der Waals surface area (Å²) in [6.07, 6.45) is 5.09. The van der Waals surface area contributed by atoms with Gasteiger partial charge in [0.05, 0.1) is 0 Å². The van der Waals surface area contributed by atoms with Crippen LogP contribution in [0, 0.1) is 18.7 Å². The highest BCUT2D eigenvalue weighted by Crippen LogP contribution is 2.28. The quantitative estimate of drug-likeness (QED) is 0.905. The van der Waals surface area contributed by atoms with E-state index >= 15 is 0 Å². The maximum atomic E-state index is 13.3. The van der Waals surface area contributed by atoms with Crippen molar-refractivity contribution in [1.29, 1.82) is 0 Å². The summed E-state index contributed by atoms with van der Waals surface area (Å²) in [6, 6.07) is 5.98. The first-order chi connectivity index (χ1) is 9.11. The van der Waals surface area contributed by atoms with Gasteiger partial charge in [0.25, 0.3) is 0 Å². The van der Waals surface area contributed by atoms with Gasteiger partial charge in [0.1, 0.15) is 5.82 Å². The molecule has 2 rings (SSSR count). The molecule has 0 heterocycles. The number of benzene rings is 1. The molecule has 2 nitrogen and oxygen atoms in total. The molecule has 0 spiro atoms. The van der Waals surface area contributed by atoms with Crippen LogP contribution in [-0.4, -0.2) is 24.5 Å². The lowest BCUT2D eigenvalue weighted by atomic mass is 9.83. The van der Waals surface area contributed by atoms with E-state index in [0.29, 0.717) is 12.0 Å². The van der Waals surface area contributed by atoms with Crippen molar-refractivity contribution in [3.8, 4) is 0 Å². The molecular weight excluding hydrogens is 239 g/mol. The molecule has 3 heteroatoms. The first-order valence-corrected chi connectivity index (χ1v) is 7.27. The highest BCUT2D eigenvalue weighted by atomic mass is 19.1. The first-order valence-electron chi connectivity index (χ1n) is 7.27. The summed E-state index contributed by atoms with van der Waals surface area (Å²) in [4.78, 5) is 2.39. The summed E-state index contributed by atoms with van der Waals surface area (Å²) in [6.45, 7) is 3.47. The van der Waals surface area contributed by atoms with E-state index in [4.69, 9.17) is 5.73 Å². The van der Waals surface area contributed by atoms with Crippen molar-refractivity contribution in [1.82, 2.24) is 4.90 Å². The summed E-state index contributed by atoms with van der Waals surface area (Å²) < 4.78 is 13.3. The van der Waals surface area contributed by atoms with Crippen LogP contribution in [0.25, 0.3) is 0 Å². The van der Waals surface area contributed by atoms with Gasteiger partial charge < -0.3 is 5.73 Å². The maximum Gasteiger partial charge on any atom is 0.126 e. The third-order valence-corrected chi connectivity index (χ3v) is 4.39. The lowest BCUT2D eigenvalue weighted by Gasteiger charge is -2.37. The molecule has 1 aromatic rings. The molecule has 0 aliphatic heterocycles. The molecule has 1 aliphatic carbocycles. The van der Waals surface area contributed by atoms with Crippen LogP contribution >= 0.6 is 0 Å². The Hall–Kier alpha value is -0.930. The van der Waals surface area contributed by atoms with Gasteiger partial charge in [-0.25, -0.2) is 4.39 Å². The summed E-state index contributed by atoms with van der Waals surface area (Å²) >= 11 is 0. The van der Waals surface area contributed by atoms with Gasteiger partial charge in [-0.15, -0.1) is 0 Å². The lowest BCUT2D eigenvalue weighted by Crippen LogP contribution is -2.42. The zero-order valence-electron chi connectivity index (χ0n) is 12.0. The van der Waals surface area contributed by atoms with E-state index in [1.165, 1.54) is 31.2 Å². The van der Waals surface area contributed by atoms with Gasteiger partial charge in [-0.2, -0.15) is 0 Å². The highest BCUT2D eigenvalue weighted by molar-refractivity contribution is 5.23. The Kier molecular flexibility index (Phi) is 4.94. The SMILES string of the molecule is Cc1cc(CN(C)C2CCCCC2CN)ccc1F. The summed E-state index contributed by atoms with van der Waals surface area (Å²) in [5.74, 6) is 0.490. The van der Waals surface area contributed by atoms with E-state index in [9.17, 15) is 4.39 Å². The minimum absolute atomic E-state index is 0.121. The number of aryl methyl sites for hydroxylation is 1. The average Bonchev–Trinajstić information content (AvgIpc) is 2.43. The second kappa shape index (κ2) is 6.49. The normalized spacial score (nSPS) is 23.8. The van der Waals surface area contributed by atoms with E-state index in [1.54, 1.807) is 6.07 Å². The molecule has 0 saturated heterocycles. The second-order valence-corrected chi connectivity index (χ2v) is 5.85. The largest absolute Gasteiger partial charge is 0.330 e. The van der Waals surface area contributed by atoms with Crippen molar-refractivity contribution < 1.29 is 4.39 Å². The van der Waals surface area contributed by atoms with Gasteiger partial charge in [-0.1, -0.05) is 25.0 Å². The van der Waals surface area contributed by atoms with Crippen molar-refractivity contribution in [2.45, 2.75) is 45.2 Å². The number of halogens is 1. The number of hydrogen-bond acceptors (Lipinski definition) is 2. The highest BCUT2D eigenvalue weighted by Gasteiger charge is 2.27. The molecule has 0 amide bonds. The number of nitrogens with two attached hydrogens (primary N) is 1. The van der Waals surface area contributed by atoms with Crippen molar-refractivity contribution in [3.63, 3.8) is 0 Å². The lowest BCUT2D eigenvalue weighted by molar-refractivity contribution is 0.127. The van der Waals surface area contributed by atoms with Crippen molar-refractivity contribution in [3.05, 3.63) is 35.1 Å². The van der Waals surface area contributed by atoms with Crippen LogP contribution in [0.15, 0.2) is 18.2 Å². The molecule has 0 bridgehead atoms. The minimum atomic E-state index is -0.121. The fourth-order valence-corrected chi connectivity index (χ4v) is 3.25. The number of hydrogen-bond donors (Lipinski definition) is 1. The third kappa shape index (κ3) is 3.54. The smallest absolute Gasteiger partial charge is 0.126 e. The van der Waals surface area contributed by atoms with Crippen LogP contribution in [0.2, 0.25) is 0 Å². The minimum Gasteiger partial charge on any atom is -0.330 e. The van der Waals surface area contributed by atoms with E-state index in [0.717, 1.165) is 18.7 Å². The standard InChI is InChI=1S/C16H25FN2/c1-12-9-13(7-8-15(12)17)11-19(2)16-6-4-3-5-14(16)10-18/h7-9,14,16H,3-6,10-11,18H2,1-2H3. The molecule has 1 aromatic carbocycles. The molecular formula is C16H25FN2. The topological polar surface area (TPSA) is 29.3 Å². The molecule has 2 N–H and O–H groups in total.